The molecule has 4 N–H and O–H groups in total. The van der Waals surface area contributed by atoms with Crippen LogP contribution in [0.25, 0.3) is 33.7 Å². The second-order valence-electron chi connectivity index (χ2n) is 5.18. The molecule has 110 valence electrons. The fourth-order valence-corrected chi connectivity index (χ4v) is 2.59. The van der Waals surface area contributed by atoms with Gasteiger partial charge in [0, 0.05) is 20.3 Å². The summed E-state index contributed by atoms with van der Waals surface area (Å²) in [6, 6.07) is 3.64. The van der Waals surface area contributed by atoms with E-state index in [0.717, 1.165) is 5.52 Å². The molecule has 4 rings (SSSR count). The second kappa shape index (κ2) is 4.17. The van der Waals surface area contributed by atoms with Gasteiger partial charge in [0.2, 0.25) is 0 Å². The number of hydrogen-bond donors (Lipinski definition) is 2. The van der Waals surface area contributed by atoms with Crippen LogP contribution in [0.4, 0.5) is 11.5 Å². The summed E-state index contributed by atoms with van der Waals surface area (Å²) in [5.41, 5.74) is 16.2. The van der Waals surface area contributed by atoms with Crippen LogP contribution in [0.15, 0.2) is 24.7 Å². The van der Waals surface area contributed by atoms with Gasteiger partial charge >= 0.3 is 0 Å². The number of aromatic nitrogens is 6. The lowest BCUT2D eigenvalue weighted by molar-refractivity contribution is 0.932. The van der Waals surface area contributed by atoms with E-state index in [1.165, 1.54) is 0 Å². The van der Waals surface area contributed by atoms with Crippen LogP contribution in [0.3, 0.4) is 0 Å². The van der Waals surface area contributed by atoms with Crippen LogP contribution in [-0.4, -0.2) is 29.1 Å². The van der Waals surface area contributed by atoms with E-state index in [1.54, 1.807) is 18.6 Å². The highest BCUT2D eigenvalue weighted by molar-refractivity contribution is 5.90. The molecule has 0 amide bonds. The minimum absolute atomic E-state index is 0.376. The van der Waals surface area contributed by atoms with Crippen molar-refractivity contribution < 1.29 is 0 Å². The fourth-order valence-electron chi connectivity index (χ4n) is 2.59. The predicted octanol–water partition coefficient (Wildman–Crippen LogP) is 1.08. The first-order chi connectivity index (χ1) is 10.6. The van der Waals surface area contributed by atoms with Crippen molar-refractivity contribution in [2.45, 2.75) is 0 Å². The maximum absolute atomic E-state index is 6.02. The highest BCUT2D eigenvalue weighted by Gasteiger charge is 2.16. The van der Waals surface area contributed by atoms with Crippen molar-refractivity contribution in [1.29, 1.82) is 0 Å². The third-order valence-corrected chi connectivity index (χ3v) is 3.76. The molecular weight excluding hydrogens is 280 g/mol. The zero-order chi connectivity index (χ0) is 15.4. The van der Waals surface area contributed by atoms with E-state index in [0.29, 0.717) is 39.7 Å². The fraction of sp³-hybridized carbons (Fsp3) is 0.143. The molecule has 0 aliphatic heterocycles. The Morgan fingerprint density at radius 1 is 1.05 bits per heavy atom. The topological polar surface area (TPSA) is 113 Å². The van der Waals surface area contributed by atoms with Gasteiger partial charge in [-0.2, -0.15) is 0 Å². The lowest BCUT2D eigenvalue weighted by atomic mass is 10.3. The number of hydrogen-bond acceptors (Lipinski definition) is 6. The summed E-state index contributed by atoms with van der Waals surface area (Å²) in [5.74, 6) is 1.04. The second-order valence-corrected chi connectivity index (χ2v) is 5.18. The van der Waals surface area contributed by atoms with E-state index >= 15 is 0 Å². The van der Waals surface area contributed by atoms with Crippen LogP contribution in [0.5, 0.6) is 0 Å². The summed E-state index contributed by atoms with van der Waals surface area (Å²) in [5, 5.41) is 0. The molecular formula is C14H14N8. The average molecular weight is 294 g/mol. The number of imidazole rings is 2. The van der Waals surface area contributed by atoms with Gasteiger partial charge in [0.25, 0.3) is 0 Å². The average Bonchev–Trinajstić information content (AvgIpc) is 3.03. The Morgan fingerprint density at radius 2 is 1.86 bits per heavy atom. The van der Waals surface area contributed by atoms with Gasteiger partial charge < -0.3 is 20.6 Å². The molecule has 0 saturated heterocycles. The number of pyridine rings is 2. The number of aryl methyl sites for hydroxylation is 2. The van der Waals surface area contributed by atoms with Gasteiger partial charge in [-0.25, -0.2) is 19.9 Å². The normalized spacial score (nSPS) is 11.5. The quantitative estimate of drug-likeness (QED) is 0.543. The van der Waals surface area contributed by atoms with Gasteiger partial charge in [-0.05, 0) is 12.1 Å². The van der Waals surface area contributed by atoms with E-state index in [4.69, 9.17) is 11.5 Å². The summed E-state index contributed by atoms with van der Waals surface area (Å²) < 4.78 is 3.75. The molecule has 4 aromatic heterocycles. The molecule has 0 aliphatic carbocycles. The molecule has 0 atom stereocenters. The highest BCUT2D eigenvalue weighted by atomic mass is 15.1. The molecule has 0 aromatic carbocycles. The molecule has 4 aromatic rings. The van der Waals surface area contributed by atoms with E-state index in [2.05, 4.69) is 19.9 Å². The van der Waals surface area contributed by atoms with Crippen molar-refractivity contribution in [3.05, 3.63) is 24.7 Å². The summed E-state index contributed by atoms with van der Waals surface area (Å²) >= 11 is 0. The molecule has 0 unspecified atom stereocenters. The Bertz CT molecular complexity index is 1030. The SMILES string of the molecule is Cn1cnc2c(N)nc(-c3nc4c(N)ccnc4n3C)cc21. The maximum Gasteiger partial charge on any atom is 0.162 e. The van der Waals surface area contributed by atoms with Crippen molar-refractivity contribution in [3.63, 3.8) is 0 Å². The third-order valence-electron chi connectivity index (χ3n) is 3.76. The summed E-state index contributed by atoms with van der Waals surface area (Å²) in [6.45, 7) is 0. The van der Waals surface area contributed by atoms with E-state index in [9.17, 15) is 0 Å². The Labute approximate surface area is 125 Å². The van der Waals surface area contributed by atoms with Gasteiger partial charge in [0.05, 0.1) is 17.5 Å². The number of fused-ring (bicyclic) bond motifs is 2. The van der Waals surface area contributed by atoms with Crippen molar-refractivity contribution >= 4 is 33.7 Å². The van der Waals surface area contributed by atoms with Crippen molar-refractivity contribution in [3.8, 4) is 11.5 Å². The number of nitrogens with zero attached hydrogens (tertiary/aromatic N) is 6. The predicted molar refractivity (Wildman–Crippen MR) is 84.8 cm³/mol. The molecule has 0 aliphatic rings. The molecule has 0 radical (unpaired) electrons. The van der Waals surface area contributed by atoms with Crippen LogP contribution >= 0.6 is 0 Å². The van der Waals surface area contributed by atoms with Crippen LogP contribution in [0.1, 0.15) is 0 Å². The molecule has 8 heteroatoms. The minimum atomic E-state index is 0.376. The molecule has 0 spiro atoms. The lowest BCUT2D eigenvalue weighted by Gasteiger charge is -2.04. The van der Waals surface area contributed by atoms with Crippen molar-refractivity contribution in [1.82, 2.24) is 29.1 Å². The van der Waals surface area contributed by atoms with Crippen LogP contribution in [-0.2, 0) is 14.1 Å². The van der Waals surface area contributed by atoms with Crippen LogP contribution in [0, 0.1) is 0 Å². The molecule has 0 saturated carbocycles. The summed E-state index contributed by atoms with van der Waals surface area (Å²) in [4.78, 5) is 17.6. The molecule has 4 heterocycles. The zero-order valence-electron chi connectivity index (χ0n) is 12.1. The monoisotopic (exact) mass is 294 g/mol. The van der Waals surface area contributed by atoms with E-state index < -0.39 is 0 Å². The number of nitrogens with two attached hydrogens (primary N) is 2. The van der Waals surface area contributed by atoms with Gasteiger partial charge in [0.1, 0.15) is 16.7 Å². The van der Waals surface area contributed by atoms with Crippen molar-refractivity contribution in [2.75, 3.05) is 11.5 Å². The molecule has 0 fully saturated rings. The summed E-state index contributed by atoms with van der Waals surface area (Å²) in [7, 11) is 3.79. The van der Waals surface area contributed by atoms with Crippen LogP contribution in [0.2, 0.25) is 0 Å². The molecule has 0 bridgehead atoms. The largest absolute Gasteiger partial charge is 0.397 e. The zero-order valence-corrected chi connectivity index (χ0v) is 12.1. The Morgan fingerprint density at radius 3 is 2.64 bits per heavy atom. The number of anilines is 2. The molecule has 8 nitrogen and oxygen atoms in total. The van der Waals surface area contributed by atoms with Gasteiger partial charge in [-0.15, -0.1) is 0 Å². The highest BCUT2D eigenvalue weighted by Crippen LogP contribution is 2.28. The minimum Gasteiger partial charge on any atom is -0.397 e. The first kappa shape index (κ1) is 12.6. The maximum atomic E-state index is 6.02. The van der Waals surface area contributed by atoms with Crippen molar-refractivity contribution in [2.24, 2.45) is 14.1 Å². The summed E-state index contributed by atoms with van der Waals surface area (Å²) in [6.07, 6.45) is 3.37. The van der Waals surface area contributed by atoms with E-state index in [-0.39, 0.29) is 0 Å². The van der Waals surface area contributed by atoms with Crippen LogP contribution < -0.4 is 11.5 Å². The first-order valence-corrected chi connectivity index (χ1v) is 6.71. The lowest BCUT2D eigenvalue weighted by Crippen LogP contribution is -2.00. The molecule has 22 heavy (non-hydrogen) atoms. The Balaban J connectivity index is 2.05. The standard InChI is InChI=1S/C14H14N8/c1-21-6-18-11-9(21)5-8(19-12(11)16)13-20-10-7(15)3-4-17-14(10)22(13)2/h3-6H,1-2H3,(H2,15,17)(H2,16,19). The van der Waals surface area contributed by atoms with E-state index in [1.807, 2.05) is 29.3 Å². The van der Waals surface area contributed by atoms with Gasteiger partial charge in [0.15, 0.2) is 17.3 Å². The number of nitrogen functional groups attached to an aromatic ring is 2. The smallest absolute Gasteiger partial charge is 0.162 e. The Kier molecular flexibility index (Phi) is 2.38. The number of rotatable bonds is 1. The van der Waals surface area contributed by atoms with Gasteiger partial charge in [-0.3, -0.25) is 0 Å². The first-order valence-electron chi connectivity index (χ1n) is 6.71. The Hall–Kier alpha value is -3.16. The third kappa shape index (κ3) is 1.57. The van der Waals surface area contributed by atoms with Gasteiger partial charge in [-0.1, -0.05) is 0 Å².